The first kappa shape index (κ1) is 15.2. The summed E-state index contributed by atoms with van der Waals surface area (Å²) in [5.74, 6) is 0.685. The number of aryl methyl sites for hydroxylation is 3. The van der Waals surface area contributed by atoms with E-state index < -0.39 is 10.0 Å². The van der Waals surface area contributed by atoms with Gasteiger partial charge in [0.1, 0.15) is 21.4 Å². The third-order valence-corrected chi connectivity index (χ3v) is 5.34. The molecule has 2 rings (SSSR count). The first-order chi connectivity index (χ1) is 9.35. The van der Waals surface area contributed by atoms with Crippen molar-refractivity contribution in [2.75, 3.05) is 0 Å². The summed E-state index contributed by atoms with van der Waals surface area (Å²) in [6, 6.07) is 0. The molecule has 0 atom stereocenters. The molecule has 0 aliphatic carbocycles. The minimum atomic E-state index is -3.74. The van der Waals surface area contributed by atoms with Gasteiger partial charge in [-0.25, -0.2) is 18.1 Å². The maximum absolute atomic E-state index is 12.3. The number of thiazole rings is 1. The number of sulfonamides is 1. The smallest absolute Gasteiger partial charge is 0.244 e. The minimum absolute atomic E-state index is 0.0192. The zero-order valence-corrected chi connectivity index (χ0v) is 13.1. The summed E-state index contributed by atoms with van der Waals surface area (Å²) >= 11 is 1.43. The fourth-order valence-corrected chi connectivity index (χ4v) is 4.20. The summed E-state index contributed by atoms with van der Waals surface area (Å²) in [5, 5.41) is 9.99. The fourth-order valence-electron chi connectivity index (χ4n) is 1.96. The van der Waals surface area contributed by atoms with Crippen LogP contribution in [0.25, 0.3) is 0 Å². The highest BCUT2D eigenvalue weighted by Crippen LogP contribution is 2.26. The first-order valence-corrected chi connectivity index (χ1v) is 8.26. The molecule has 6 nitrogen and oxygen atoms in total. The Morgan fingerprint density at radius 2 is 2.05 bits per heavy atom. The molecule has 2 aromatic rings. The number of nitrogens with zero attached hydrogens (tertiary/aromatic N) is 1. The summed E-state index contributed by atoms with van der Waals surface area (Å²) in [6.07, 6.45) is 1.70. The van der Waals surface area contributed by atoms with Crippen LogP contribution in [0.4, 0.5) is 0 Å². The first-order valence-electron chi connectivity index (χ1n) is 5.96. The van der Waals surface area contributed by atoms with Crippen LogP contribution in [0.3, 0.4) is 0 Å². The Bertz CT molecular complexity index is 716. The second-order valence-corrected chi connectivity index (χ2v) is 7.39. The van der Waals surface area contributed by atoms with E-state index in [0.717, 1.165) is 4.88 Å². The molecule has 0 amide bonds. The van der Waals surface area contributed by atoms with Gasteiger partial charge in [-0.15, -0.1) is 11.3 Å². The molecule has 0 saturated carbocycles. The van der Waals surface area contributed by atoms with Crippen molar-refractivity contribution < 1.29 is 17.9 Å². The molecule has 0 radical (unpaired) electrons. The topological polar surface area (TPSA) is 92.4 Å². The van der Waals surface area contributed by atoms with Gasteiger partial charge in [0.15, 0.2) is 0 Å². The van der Waals surface area contributed by atoms with Crippen molar-refractivity contribution in [2.24, 2.45) is 0 Å². The molecular weight excluding hydrogens is 300 g/mol. The highest BCUT2D eigenvalue weighted by Gasteiger charge is 2.26. The van der Waals surface area contributed by atoms with Gasteiger partial charge in [0, 0.05) is 16.6 Å². The van der Waals surface area contributed by atoms with E-state index in [0.29, 0.717) is 16.3 Å². The standard InChI is InChI=1S/C12H16N2O4S2/c1-7-4-13-11(19-7)5-14-20(16,17)12-9(3)18-8(2)10(12)6-15/h4,14-15H,5-6H2,1-3H3. The molecule has 0 aromatic carbocycles. The summed E-state index contributed by atoms with van der Waals surface area (Å²) in [5.41, 5.74) is 0.297. The minimum Gasteiger partial charge on any atom is -0.465 e. The van der Waals surface area contributed by atoms with Crippen LogP contribution in [-0.4, -0.2) is 18.5 Å². The van der Waals surface area contributed by atoms with Crippen molar-refractivity contribution in [3.05, 3.63) is 33.2 Å². The van der Waals surface area contributed by atoms with Crippen molar-refractivity contribution in [2.45, 2.75) is 38.8 Å². The molecular formula is C12H16N2O4S2. The van der Waals surface area contributed by atoms with E-state index in [1.165, 1.54) is 11.3 Å². The molecule has 0 fully saturated rings. The normalized spacial score (nSPS) is 12.0. The van der Waals surface area contributed by atoms with E-state index in [2.05, 4.69) is 9.71 Å². The Kier molecular flexibility index (Phi) is 4.28. The Labute approximate surface area is 121 Å². The number of aliphatic hydroxyl groups is 1. The molecule has 0 saturated heterocycles. The van der Waals surface area contributed by atoms with E-state index in [1.807, 2.05) is 6.92 Å². The summed E-state index contributed by atoms with van der Waals surface area (Å²) < 4.78 is 32.4. The van der Waals surface area contributed by atoms with E-state index in [9.17, 15) is 13.5 Å². The number of aliphatic hydroxyl groups excluding tert-OH is 1. The van der Waals surface area contributed by atoms with Crippen molar-refractivity contribution >= 4 is 21.4 Å². The van der Waals surface area contributed by atoms with Gasteiger partial charge >= 0.3 is 0 Å². The number of aromatic nitrogens is 1. The second kappa shape index (κ2) is 5.65. The molecule has 0 bridgehead atoms. The molecule has 2 aromatic heterocycles. The van der Waals surface area contributed by atoms with Crippen LogP contribution in [0.5, 0.6) is 0 Å². The van der Waals surface area contributed by atoms with Crippen LogP contribution >= 0.6 is 11.3 Å². The van der Waals surface area contributed by atoms with Crippen LogP contribution in [0.15, 0.2) is 15.5 Å². The van der Waals surface area contributed by atoms with Crippen molar-refractivity contribution in [1.29, 1.82) is 0 Å². The fraction of sp³-hybridized carbons (Fsp3) is 0.417. The molecule has 2 N–H and O–H groups in total. The van der Waals surface area contributed by atoms with Crippen molar-refractivity contribution in [3.8, 4) is 0 Å². The van der Waals surface area contributed by atoms with Crippen molar-refractivity contribution in [1.82, 2.24) is 9.71 Å². The Hall–Kier alpha value is -1.22. The van der Waals surface area contributed by atoms with Crippen LogP contribution in [-0.2, 0) is 23.2 Å². The van der Waals surface area contributed by atoms with E-state index in [1.54, 1.807) is 20.0 Å². The van der Waals surface area contributed by atoms with Crippen LogP contribution in [0, 0.1) is 20.8 Å². The van der Waals surface area contributed by atoms with Gasteiger partial charge in [0.25, 0.3) is 0 Å². The maximum Gasteiger partial charge on any atom is 0.244 e. The van der Waals surface area contributed by atoms with Gasteiger partial charge in [-0.3, -0.25) is 0 Å². The highest BCUT2D eigenvalue weighted by atomic mass is 32.2. The Morgan fingerprint density at radius 3 is 2.60 bits per heavy atom. The lowest BCUT2D eigenvalue weighted by Crippen LogP contribution is -2.24. The molecule has 20 heavy (non-hydrogen) atoms. The molecule has 0 unspecified atom stereocenters. The predicted molar refractivity (Wildman–Crippen MR) is 75.0 cm³/mol. The van der Waals surface area contributed by atoms with Crippen molar-refractivity contribution in [3.63, 3.8) is 0 Å². The Morgan fingerprint density at radius 1 is 1.35 bits per heavy atom. The SMILES string of the molecule is Cc1cnc(CNS(=O)(=O)c2c(C)oc(C)c2CO)s1. The van der Waals surface area contributed by atoms with Gasteiger partial charge in [-0.2, -0.15) is 0 Å². The number of furan rings is 1. The average molecular weight is 316 g/mol. The molecule has 8 heteroatoms. The monoisotopic (exact) mass is 316 g/mol. The van der Waals surface area contributed by atoms with Crippen LogP contribution in [0.2, 0.25) is 0 Å². The molecule has 0 spiro atoms. The average Bonchev–Trinajstić information content (AvgIpc) is 2.90. The lowest BCUT2D eigenvalue weighted by Gasteiger charge is -2.06. The van der Waals surface area contributed by atoms with E-state index >= 15 is 0 Å². The lowest BCUT2D eigenvalue weighted by atomic mass is 10.2. The molecule has 110 valence electrons. The summed E-state index contributed by atoms with van der Waals surface area (Å²) in [4.78, 5) is 5.14. The number of hydrogen-bond acceptors (Lipinski definition) is 6. The third-order valence-electron chi connectivity index (χ3n) is 2.83. The Balaban J connectivity index is 2.27. The maximum atomic E-state index is 12.3. The number of rotatable bonds is 5. The molecule has 2 heterocycles. The quantitative estimate of drug-likeness (QED) is 0.874. The van der Waals surface area contributed by atoms with E-state index in [4.69, 9.17) is 4.42 Å². The highest BCUT2D eigenvalue weighted by molar-refractivity contribution is 7.89. The number of nitrogens with one attached hydrogen (secondary N) is 1. The summed E-state index contributed by atoms with van der Waals surface area (Å²) in [7, 11) is -3.74. The lowest BCUT2D eigenvalue weighted by molar-refractivity contribution is 0.276. The largest absolute Gasteiger partial charge is 0.465 e. The zero-order valence-electron chi connectivity index (χ0n) is 11.4. The van der Waals surface area contributed by atoms with Gasteiger partial charge in [-0.05, 0) is 20.8 Å². The third kappa shape index (κ3) is 2.93. The second-order valence-electron chi connectivity index (χ2n) is 4.37. The predicted octanol–water partition coefficient (Wildman–Crippen LogP) is 1.63. The number of hydrogen-bond donors (Lipinski definition) is 2. The van der Waals surface area contributed by atoms with Gasteiger partial charge in [-0.1, -0.05) is 0 Å². The van der Waals surface area contributed by atoms with Gasteiger partial charge in [0.05, 0.1) is 13.2 Å². The molecule has 0 aliphatic heterocycles. The van der Waals surface area contributed by atoms with Gasteiger partial charge < -0.3 is 9.52 Å². The zero-order chi connectivity index (χ0) is 14.9. The van der Waals surface area contributed by atoms with Crippen LogP contribution < -0.4 is 4.72 Å². The van der Waals surface area contributed by atoms with E-state index in [-0.39, 0.29) is 23.8 Å². The van der Waals surface area contributed by atoms with Gasteiger partial charge in [0.2, 0.25) is 10.0 Å². The summed E-state index contributed by atoms with van der Waals surface area (Å²) in [6.45, 7) is 4.84. The molecule has 0 aliphatic rings. The van der Waals surface area contributed by atoms with Crippen LogP contribution in [0.1, 0.15) is 27.0 Å².